The van der Waals surface area contributed by atoms with E-state index in [1.807, 2.05) is 74.5 Å². The first-order valence-corrected chi connectivity index (χ1v) is 9.96. The summed E-state index contributed by atoms with van der Waals surface area (Å²) in [7, 11) is 0. The molecule has 0 radical (unpaired) electrons. The molecule has 0 aliphatic carbocycles. The van der Waals surface area contributed by atoms with E-state index in [9.17, 15) is 4.79 Å². The van der Waals surface area contributed by atoms with Crippen molar-refractivity contribution < 1.29 is 4.79 Å². The highest BCUT2D eigenvalue weighted by atomic mass is 16.1. The molecule has 0 fully saturated rings. The van der Waals surface area contributed by atoms with Crippen molar-refractivity contribution in [3.8, 4) is 0 Å². The first-order chi connectivity index (χ1) is 15.0. The van der Waals surface area contributed by atoms with Crippen LogP contribution in [0.3, 0.4) is 0 Å². The largest absolute Gasteiger partial charge is 0.355 e. The average molecular weight is 409 g/mol. The van der Waals surface area contributed by atoms with Crippen molar-refractivity contribution in [3.05, 3.63) is 102 Å². The molecular formula is C25H23N5O. The van der Waals surface area contributed by atoms with Crippen molar-refractivity contribution in [2.45, 2.75) is 13.8 Å². The van der Waals surface area contributed by atoms with E-state index in [0.717, 1.165) is 39.8 Å². The van der Waals surface area contributed by atoms with Gasteiger partial charge in [0, 0.05) is 57.8 Å². The normalized spacial score (nSPS) is 10.4. The molecule has 4 rings (SSSR count). The Labute approximate surface area is 181 Å². The second-order valence-corrected chi connectivity index (χ2v) is 7.23. The molecule has 0 saturated heterocycles. The third-order valence-electron chi connectivity index (χ3n) is 4.64. The molecule has 0 aliphatic heterocycles. The highest BCUT2D eigenvalue weighted by molar-refractivity contribution is 6.04. The van der Waals surface area contributed by atoms with Gasteiger partial charge in [-0.15, -0.1) is 0 Å². The predicted molar refractivity (Wildman–Crippen MR) is 125 cm³/mol. The molecular weight excluding hydrogens is 386 g/mol. The highest BCUT2D eigenvalue weighted by Gasteiger charge is 2.07. The zero-order chi connectivity index (χ0) is 21.6. The molecule has 31 heavy (non-hydrogen) atoms. The molecule has 6 heteroatoms. The Hall–Kier alpha value is -4.19. The summed E-state index contributed by atoms with van der Waals surface area (Å²) < 4.78 is 0. The van der Waals surface area contributed by atoms with Crippen molar-refractivity contribution in [1.29, 1.82) is 0 Å². The lowest BCUT2D eigenvalue weighted by atomic mass is 10.1. The minimum absolute atomic E-state index is 0.164. The molecule has 0 atom stereocenters. The Morgan fingerprint density at radius 2 is 1.19 bits per heavy atom. The Balaban J connectivity index is 1.41. The third kappa shape index (κ3) is 5.45. The van der Waals surface area contributed by atoms with Gasteiger partial charge in [-0.25, -0.2) is 0 Å². The standard InChI is InChI=1S/C25H23N5O/c1-17-14-23(10-12-26-17)28-20-8-6-19(7-9-20)25(31)30-22-5-3-4-21(16-22)29-24-11-13-27-18(2)15-24/h3-16H,1-2H3,(H,26,28)(H,27,29)(H,30,31). The van der Waals surface area contributed by atoms with Gasteiger partial charge in [0.1, 0.15) is 0 Å². The van der Waals surface area contributed by atoms with Gasteiger partial charge in [-0.2, -0.15) is 0 Å². The maximum absolute atomic E-state index is 12.7. The summed E-state index contributed by atoms with van der Waals surface area (Å²) in [5, 5.41) is 9.59. The molecule has 2 heterocycles. The van der Waals surface area contributed by atoms with Crippen LogP contribution >= 0.6 is 0 Å². The van der Waals surface area contributed by atoms with Crippen LogP contribution in [0.15, 0.2) is 85.2 Å². The molecule has 0 saturated carbocycles. The van der Waals surface area contributed by atoms with Gasteiger partial charge >= 0.3 is 0 Å². The number of benzene rings is 2. The summed E-state index contributed by atoms with van der Waals surface area (Å²) in [6.45, 7) is 3.89. The number of nitrogens with zero attached hydrogens (tertiary/aromatic N) is 2. The molecule has 3 N–H and O–H groups in total. The van der Waals surface area contributed by atoms with Crippen LogP contribution in [0.4, 0.5) is 28.4 Å². The highest BCUT2D eigenvalue weighted by Crippen LogP contribution is 2.22. The van der Waals surface area contributed by atoms with Crippen LogP contribution in [-0.4, -0.2) is 15.9 Å². The van der Waals surface area contributed by atoms with Crippen LogP contribution in [-0.2, 0) is 0 Å². The van der Waals surface area contributed by atoms with Crippen molar-refractivity contribution in [2.24, 2.45) is 0 Å². The topological polar surface area (TPSA) is 78.9 Å². The van der Waals surface area contributed by atoms with Crippen molar-refractivity contribution >= 4 is 34.3 Å². The first kappa shape index (κ1) is 20.1. The maximum atomic E-state index is 12.7. The van der Waals surface area contributed by atoms with Gasteiger partial charge in [0.25, 0.3) is 5.91 Å². The Morgan fingerprint density at radius 3 is 1.81 bits per heavy atom. The number of carbonyl (C=O) groups is 1. The fourth-order valence-electron chi connectivity index (χ4n) is 3.16. The number of anilines is 5. The fraction of sp³-hybridized carbons (Fsp3) is 0.0800. The van der Waals surface area contributed by atoms with E-state index in [-0.39, 0.29) is 5.91 Å². The second-order valence-electron chi connectivity index (χ2n) is 7.23. The van der Waals surface area contributed by atoms with Gasteiger partial charge < -0.3 is 16.0 Å². The van der Waals surface area contributed by atoms with E-state index >= 15 is 0 Å². The molecule has 0 unspecified atom stereocenters. The SMILES string of the molecule is Cc1cc(Nc2ccc(C(=O)Nc3cccc(Nc4ccnc(C)c4)c3)cc2)ccn1. The Morgan fingerprint density at radius 1 is 0.645 bits per heavy atom. The van der Waals surface area contributed by atoms with Crippen LogP contribution in [0.2, 0.25) is 0 Å². The summed E-state index contributed by atoms with van der Waals surface area (Å²) in [4.78, 5) is 21.1. The van der Waals surface area contributed by atoms with Crippen LogP contribution < -0.4 is 16.0 Å². The van der Waals surface area contributed by atoms with Gasteiger partial charge in [0.15, 0.2) is 0 Å². The number of rotatable bonds is 6. The number of hydrogen-bond acceptors (Lipinski definition) is 5. The number of amides is 1. The van der Waals surface area contributed by atoms with E-state index in [1.165, 1.54) is 0 Å². The predicted octanol–water partition coefficient (Wildman–Crippen LogP) is 5.83. The maximum Gasteiger partial charge on any atom is 0.255 e. The van der Waals surface area contributed by atoms with Crippen LogP contribution in [0.25, 0.3) is 0 Å². The van der Waals surface area contributed by atoms with Gasteiger partial charge in [-0.1, -0.05) is 6.07 Å². The van der Waals surface area contributed by atoms with Gasteiger partial charge in [-0.3, -0.25) is 14.8 Å². The van der Waals surface area contributed by atoms with E-state index in [1.54, 1.807) is 24.5 Å². The summed E-state index contributed by atoms with van der Waals surface area (Å²) in [5.41, 5.74) is 6.87. The molecule has 0 bridgehead atoms. The van der Waals surface area contributed by atoms with E-state index in [2.05, 4.69) is 25.9 Å². The summed E-state index contributed by atoms with van der Waals surface area (Å²) in [5.74, 6) is -0.164. The number of pyridine rings is 2. The molecule has 2 aromatic heterocycles. The lowest BCUT2D eigenvalue weighted by Gasteiger charge is -2.11. The smallest absolute Gasteiger partial charge is 0.255 e. The molecule has 0 aliphatic rings. The van der Waals surface area contributed by atoms with Gasteiger partial charge in [0.05, 0.1) is 0 Å². The number of aryl methyl sites for hydroxylation is 2. The molecule has 2 aromatic carbocycles. The monoisotopic (exact) mass is 409 g/mol. The summed E-state index contributed by atoms with van der Waals surface area (Å²) in [6, 6.07) is 22.7. The van der Waals surface area contributed by atoms with E-state index < -0.39 is 0 Å². The number of aromatic nitrogens is 2. The van der Waals surface area contributed by atoms with E-state index in [0.29, 0.717) is 5.56 Å². The van der Waals surface area contributed by atoms with Gasteiger partial charge in [0.2, 0.25) is 0 Å². The molecule has 1 amide bonds. The number of hydrogen-bond donors (Lipinski definition) is 3. The quantitative estimate of drug-likeness (QED) is 0.373. The first-order valence-electron chi connectivity index (χ1n) is 9.96. The minimum Gasteiger partial charge on any atom is -0.355 e. The lowest BCUT2D eigenvalue weighted by Crippen LogP contribution is -2.11. The average Bonchev–Trinajstić information content (AvgIpc) is 2.74. The van der Waals surface area contributed by atoms with Crippen molar-refractivity contribution in [1.82, 2.24) is 9.97 Å². The summed E-state index contributed by atoms with van der Waals surface area (Å²) in [6.07, 6.45) is 3.52. The van der Waals surface area contributed by atoms with Crippen LogP contribution in [0.5, 0.6) is 0 Å². The third-order valence-corrected chi connectivity index (χ3v) is 4.64. The van der Waals surface area contributed by atoms with Crippen LogP contribution in [0, 0.1) is 13.8 Å². The van der Waals surface area contributed by atoms with E-state index in [4.69, 9.17) is 0 Å². The molecule has 0 spiro atoms. The zero-order valence-electron chi connectivity index (χ0n) is 17.4. The number of carbonyl (C=O) groups excluding carboxylic acids is 1. The molecule has 4 aromatic rings. The Kier molecular flexibility index (Phi) is 5.89. The Bertz CT molecular complexity index is 1200. The van der Waals surface area contributed by atoms with Crippen molar-refractivity contribution in [3.63, 3.8) is 0 Å². The van der Waals surface area contributed by atoms with Crippen LogP contribution in [0.1, 0.15) is 21.7 Å². The zero-order valence-corrected chi connectivity index (χ0v) is 17.4. The minimum atomic E-state index is -0.164. The lowest BCUT2D eigenvalue weighted by molar-refractivity contribution is 0.102. The fourth-order valence-corrected chi connectivity index (χ4v) is 3.16. The molecule has 154 valence electrons. The second kappa shape index (κ2) is 9.09. The van der Waals surface area contributed by atoms with Gasteiger partial charge in [-0.05, 0) is 80.6 Å². The number of nitrogens with one attached hydrogen (secondary N) is 3. The summed E-state index contributed by atoms with van der Waals surface area (Å²) >= 11 is 0. The van der Waals surface area contributed by atoms with Crippen molar-refractivity contribution in [2.75, 3.05) is 16.0 Å². The molecule has 6 nitrogen and oxygen atoms in total.